The smallest absolute Gasteiger partial charge is 0.248 e. The zero-order valence-electron chi connectivity index (χ0n) is 9.81. The second kappa shape index (κ2) is 3.86. The van der Waals surface area contributed by atoms with Gasteiger partial charge in [0.25, 0.3) is 0 Å². The number of ketones is 1. The zero-order valence-corrected chi connectivity index (χ0v) is 11.4. The van der Waals surface area contributed by atoms with Gasteiger partial charge < -0.3 is 0 Å². The van der Waals surface area contributed by atoms with Gasteiger partial charge in [0.15, 0.2) is 5.78 Å². The highest BCUT2D eigenvalue weighted by molar-refractivity contribution is 9.10. The third-order valence-electron chi connectivity index (χ3n) is 4.27. The molecule has 0 aliphatic heterocycles. The van der Waals surface area contributed by atoms with E-state index in [0.717, 1.165) is 15.6 Å². The summed E-state index contributed by atoms with van der Waals surface area (Å²) < 4.78 is 27.4. The first kappa shape index (κ1) is 12.3. The summed E-state index contributed by atoms with van der Waals surface area (Å²) in [5.74, 6) is -2.52. The highest BCUT2D eigenvalue weighted by Gasteiger charge is 2.51. The summed E-state index contributed by atoms with van der Waals surface area (Å²) in [7, 11) is 0. The van der Waals surface area contributed by atoms with E-state index in [1.807, 2.05) is 18.2 Å². The van der Waals surface area contributed by atoms with Gasteiger partial charge in [-0.3, -0.25) is 4.79 Å². The molecule has 96 valence electrons. The van der Waals surface area contributed by atoms with Gasteiger partial charge >= 0.3 is 0 Å². The van der Waals surface area contributed by atoms with E-state index in [9.17, 15) is 13.6 Å². The van der Waals surface area contributed by atoms with E-state index in [2.05, 4.69) is 15.9 Å². The molecule has 3 rings (SSSR count). The van der Waals surface area contributed by atoms with E-state index in [4.69, 9.17) is 0 Å². The van der Waals surface area contributed by atoms with Crippen LogP contribution < -0.4 is 0 Å². The van der Waals surface area contributed by atoms with Crippen LogP contribution in [0.15, 0.2) is 22.7 Å². The summed E-state index contributed by atoms with van der Waals surface area (Å²) >= 11 is 3.35. The maximum Gasteiger partial charge on any atom is 0.248 e. The first-order valence-corrected chi connectivity index (χ1v) is 6.92. The molecule has 1 nitrogen and oxygen atoms in total. The van der Waals surface area contributed by atoms with Crippen molar-refractivity contribution in [1.82, 2.24) is 0 Å². The third kappa shape index (κ3) is 1.81. The summed E-state index contributed by atoms with van der Waals surface area (Å²) in [6, 6.07) is 5.65. The molecule has 1 fully saturated rings. The molecule has 2 aliphatic rings. The van der Waals surface area contributed by atoms with Crippen LogP contribution in [0, 0.1) is 5.41 Å². The molecular formula is C14H13BrF2O. The van der Waals surface area contributed by atoms with Gasteiger partial charge in [0.1, 0.15) is 0 Å². The lowest BCUT2D eigenvalue weighted by Gasteiger charge is -2.35. The number of halogens is 3. The fourth-order valence-electron chi connectivity index (χ4n) is 3.14. The second-order valence-corrected chi connectivity index (χ2v) is 6.36. The van der Waals surface area contributed by atoms with Gasteiger partial charge in [0.05, 0.1) is 0 Å². The summed E-state index contributed by atoms with van der Waals surface area (Å²) in [6.07, 6.45) is 0.933. The monoisotopic (exact) mass is 314 g/mol. The van der Waals surface area contributed by atoms with Crippen LogP contribution in [0.4, 0.5) is 8.78 Å². The largest absolute Gasteiger partial charge is 0.294 e. The van der Waals surface area contributed by atoms with Gasteiger partial charge in [-0.25, -0.2) is 8.78 Å². The summed E-state index contributed by atoms with van der Waals surface area (Å²) in [5.41, 5.74) is 1.17. The molecule has 0 saturated heterocycles. The van der Waals surface area contributed by atoms with Crippen molar-refractivity contribution in [3.05, 3.63) is 33.8 Å². The summed E-state index contributed by atoms with van der Waals surface area (Å²) in [6.45, 7) is 0. The molecule has 18 heavy (non-hydrogen) atoms. The van der Waals surface area contributed by atoms with E-state index in [1.54, 1.807) is 0 Å². The Bertz CT molecular complexity index is 515. The average molecular weight is 315 g/mol. The molecular weight excluding hydrogens is 302 g/mol. The molecule has 0 bridgehead atoms. The fourth-order valence-corrected chi connectivity index (χ4v) is 3.50. The molecule has 0 N–H and O–H groups in total. The number of rotatable bonds is 0. The highest BCUT2D eigenvalue weighted by Crippen LogP contribution is 2.51. The maximum atomic E-state index is 13.2. The average Bonchev–Trinajstić information content (AvgIpc) is 2.58. The predicted octanol–water partition coefficient (Wildman–Crippen LogP) is 4.38. The number of hydrogen-bond donors (Lipinski definition) is 0. The predicted molar refractivity (Wildman–Crippen MR) is 68.0 cm³/mol. The molecule has 1 saturated carbocycles. The minimum absolute atomic E-state index is 0.0642. The molecule has 0 amide bonds. The molecule has 1 aromatic carbocycles. The molecule has 2 aliphatic carbocycles. The standard InChI is InChI=1S/C14H13BrF2O/c15-10-2-1-9-8-13(12(18)11(9)7-10)3-5-14(16,17)6-4-13/h1-2,7H,3-6,8H2. The molecule has 0 aromatic heterocycles. The molecule has 4 heteroatoms. The Morgan fingerprint density at radius 2 is 1.78 bits per heavy atom. The van der Waals surface area contributed by atoms with Crippen LogP contribution in [0.3, 0.4) is 0 Å². The fraction of sp³-hybridized carbons (Fsp3) is 0.500. The van der Waals surface area contributed by atoms with Crippen LogP contribution in [0.25, 0.3) is 0 Å². The minimum Gasteiger partial charge on any atom is -0.294 e. The second-order valence-electron chi connectivity index (χ2n) is 5.44. The van der Waals surface area contributed by atoms with E-state index in [0.29, 0.717) is 19.3 Å². The van der Waals surface area contributed by atoms with Crippen molar-refractivity contribution in [2.75, 3.05) is 0 Å². The van der Waals surface area contributed by atoms with Gasteiger partial charge in [-0.1, -0.05) is 22.0 Å². The van der Waals surface area contributed by atoms with Gasteiger partial charge in [-0.15, -0.1) is 0 Å². The topological polar surface area (TPSA) is 17.1 Å². The van der Waals surface area contributed by atoms with Crippen LogP contribution in [0.5, 0.6) is 0 Å². The molecule has 1 aromatic rings. The van der Waals surface area contributed by atoms with E-state index < -0.39 is 11.3 Å². The van der Waals surface area contributed by atoms with Gasteiger partial charge in [-0.05, 0) is 37.0 Å². The van der Waals surface area contributed by atoms with Crippen molar-refractivity contribution >= 4 is 21.7 Å². The van der Waals surface area contributed by atoms with Crippen LogP contribution in [0.1, 0.15) is 41.6 Å². The first-order valence-electron chi connectivity index (χ1n) is 6.13. The van der Waals surface area contributed by atoms with Gasteiger partial charge in [0.2, 0.25) is 5.92 Å². The Hall–Kier alpha value is -0.770. The van der Waals surface area contributed by atoms with Crippen molar-refractivity contribution in [2.24, 2.45) is 5.41 Å². The summed E-state index contributed by atoms with van der Waals surface area (Å²) in [4.78, 5) is 12.5. The Balaban J connectivity index is 1.93. The number of benzene rings is 1. The lowest BCUT2D eigenvalue weighted by atomic mass is 9.70. The maximum absolute atomic E-state index is 13.2. The van der Waals surface area contributed by atoms with Crippen LogP contribution >= 0.6 is 15.9 Å². The van der Waals surface area contributed by atoms with Crippen LogP contribution in [-0.2, 0) is 6.42 Å². The molecule has 1 spiro atoms. The number of fused-ring (bicyclic) bond motifs is 1. The first-order chi connectivity index (χ1) is 8.42. The lowest BCUT2D eigenvalue weighted by Crippen LogP contribution is -2.37. The molecule has 0 unspecified atom stereocenters. The Morgan fingerprint density at radius 1 is 1.11 bits per heavy atom. The number of carbonyl (C=O) groups excluding carboxylic acids is 1. The number of Topliss-reactive ketones (excluding diaryl/α,β-unsaturated/α-hetero) is 1. The van der Waals surface area contributed by atoms with Gasteiger partial charge in [-0.2, -0.15) is 0 Å². The SMILES string of the molecule is O=C1c2cc(Br)ccc2CC12CCC(F)(F)CC2. The quantitative estimate of drug-likeness (QED) is 0.694. The van der Waals surface area contributed by atoms with Crippen molar-refractivity contribution in [3.63, 3.8) is 0 Å². The number of carbonyl (C=O) groups is 1. The van der Waals surface area contributed by atoms with Crippen LogP contribution in [-0.4, -0.2) is 11.7 Å². The Labute approximate surface area is 113 Å². The van der Waals surface area contributed by atoms with E-state index >= 15 is 0 Å². The van der Waals surface area contributed by atoms with E-state index in [1.165, 1.54) is 0 Å². The number of hydrogen-bond acceptors (Lipinski definition) is 1. The Morgan fingerprint density at radius 3 is 2.44 bits per heavy atom. The van der Waals surface area contributed by atoms with Crippen molar-refractivity contribution in [1.29, 1.82) is 0 Å². The van der Waals surface area contributed by atoms with Gasteiger partial charge in [0, 0.05) is 28.3 Å². The minimum atomic E-state index is -2.58. The van der Waals surface area contributed by atoms with Crippen LogP contribution in [0.2, 0.25) is 0 Å². The highest BCUT2D eigenvalue weighted by atomic mass is 79.9. The third-order valence-corrected chi connectivity index (χ3v) is 4.76. The van der Waals surface area contributed by atoms with Crippen molar-refractivity contribution in [2.45, 2.75) is 38.0 Å². The van der Waals surface area contributed by atoms with Crippen molar-refractivity contribution in [3.8, 4) is 0 Å². The summed E-state index contributed by atoms with van der Waals surface area (Å²) in [5, 5.41) is 0. The molecule has 0 heterocycles. The molecule has 0 atom stereocenters. The van der Waals surface area contributed by atoms with E-state index in [-0.39, 0.29) is 18.6 Å². The van der Waals surface area contributed by atoms with Crippen molar-refractivity contribution < 1.29 is 13.6 Å². The number of alkyl halides is 2. The molecule has 0 radical (unpaired) electrons. The lowest BCUT2D eigenvalue weighted by molar-refractivity contribution is -0.0586. The normalized spacial score (nSPS) is 24.3. The zero-order chi connectivity index (χ0) is 13.0. The Kier molecular flexibility index (Phi) is 2.63.